The normalized spacial score (nSPS) is 9.44. The number of rotatable bonds is 0. The van der Waals surface area contributed by atoms with Gasteiger partial charge in [-0.15, -0.1) is 0 Å². The highest BCUT2D eigenvalue weighted by molar-refractivity contribution is 9.10. The Labute approximate surface area is 59.6 Å². The van der Waals surface area contributed by atoms with E-state index in [0.717, 1.165) is 4.73 Å². The third-order valence-electron chi connectivity index (χ3n) is 0.860. The van der Waals surface area contributed by atoms with Crippen molar-refractivity contribution in [1.29, 1.82) is 0 Å². The molecule has 1 rings (SSSR count). The fraction of sp³-hybridized carbons (Fsp3) is 0. The highest BCUT2D eigenvalue weighted by Crippen LogP contribution is 1.98. The van der Waals surface area contributed by atoms with E-state index in [9.17, 15) is 4.79 Å². The molecular formula is C5H4BrNO2. The maximum Gasteiger partial charge on any atom is 0.195 e. The van der Waals surface area contributed by atoms with Crippen LogP contribution in [0.2, 0.25) is 0 Å². The van der Waals surface area contributed by atoms with Gasteiger partial charge >= 0.3 is 0 Å². The topological polar surface area (TPSA) is 42.2 Å². The maximum atomic E-state index is 10.6. The minimum atomic E-state index is -0.139. The molecule has 0 atom stereocenters. The summed E-state index contributed by atoms with van der Waals surface area (Å²) >= 11 is 2.95. The minimum absolute atomic E-state index is 0.139. The van der Waals surface area contributed by atoms with Crippen molar-refractivity contribution in [2.75, 3.05) is 0 Å². The first-order valence-electron chi connectivity index (χ1n) is 2.27. The molecule has 0 unspecified atom stereocenters. The van der Waals surface area contributed by atoms with Gasteiger partial charge in [-0.2, -0.15) is 0 Å². The van der Waals surface area contributed by atoms with Crippen LogP contribution in [0.3, 0.4) is 0 Å². The van der Waals surface area contributed by atoms with Gasteiger partial charge in [0.05, 0.1) is 10.7 Å². The lowest BCUT2D eigenvalue weighted by molar-refractivity contribution is 0.183. The highest BCUT2D eigenvalue weighted by atomic mass is 79.9. The fourth-order valence-corrected chi connectivity index (χ4v) is 0.788. The lowest BCUT2D eigenvalue weighted by Gasteiger charge is -1.92. The lowest BCUT2D eigenvalue weighted by Crippen LogP contribution is -2.03. The summed E-state index contributed by atoms with van der Waals surface area (Å²) in [5.41, 5.74) is -0.139. The fourth-order valence-electron chi connectivity index (χ4n) is 0.446. The molecule has 0 aliphatic carbocycles. The Bertz CT molecular complexity index is 268. The van der Waals surface area contributed by atoms with Crippen LogP contribution in [0.5, 0.6) is 0 Å². The molecule has 0 saturated carbocycles. The molecular weight excluding hydrogens is 186 g/mol. The second kappa shape index (κ2) is 2.23. The molecule has 0 aliphatic rings. The van der Waals surface area contributed by atoms with E-state index in [1.807, 2.05) is 0 Å². The SMILES string of the molecule is O=c1ccn(O)cc1Br. The molecule has 0 amide bonds. The van der Waals surface area contributed by atoms with Gasteiger partial charge in [-0.25, -0.2) is 4.73 Å². The third kappa shape index (κ3) is 1.32. The van der Waals surface area contributed by atoms with Gasteiger partial charge in [-0.05, 0) is 15.9 Å². The summed E-state index contributed by atoms with van der Waals surface area (Å²) in [7, 11) is 0. The van der Waals surface area contributed by atoms with Gasteiger partial charge in [0.25, 0.3) is 0 Å². The number of hydrogen-bond acceptors (Lipinski definition) is 2. The maximum absolute atomic E-state index is 10.6. The summed E-state index contributed by atoms with van der Waals surface area (Å²) in [6.45, 7) is 0. The molecule has 0 fully saturated rings. The molecule has 48 valence electrons. The van der Waals surface area contributed by atoms with Crippen LogP contribution < -0.4 is 5.43 Å². The van der Waals surface area contributed by atoms with E-state index in [1.165, 1.54) is 18.5 Å². The molecule has 1 heterocycles. The summed E-state index contributed by atoms with van der Waals surface area (Å²) in [6, 6.07) is 1.27. The number of aromatic nitrogens is 1. The predicted octanol–water partition coefficient (Wildman–Crippen LogP) is 0.848. The quantitative estimate of drug-likeness (QED) is 0.616. The zero-order valence-corrected chi connectivity index (χ0v) is 6.00. The van der Waals surface area contributed by atoms with Gasteiger partial charge < -0.3 is 5.21 Å². The van der Waals surface area contributed by atoms with E-state index in [2.05, 4.69) is 15.9 Å². The Hall–Kier alpha value is -0.770. The average Bonchev–Trinajstić information content (AvgIpc) is 1.80. The molecule has 9 heavy (non-hydrogen) atoms. The van der Waals surface area contributed by atoms with Crippen LogP contribution in [0.25, 0.3) is 0 Å². The molecule has 3 nitrogen and oxygen atoms in total. The standard InChI is InChI=1S/C5H4BrNO2/c6-4-3-7(9)2-1-5(4)8/h1-3,9H. The molecule has 0 spiro atoms. The summed E-state index contributed by atoms with van der Waals surface area (Å²) in [5, 5.41) is 8.69. The van der Waals surface area contributed by atoms with Crippen molar-refractivity contribution in [2.24, 2.45) is 0 Å². The van der Waals surface area contributed by atoms with E-state index in [1.54, 1.807) is 0 Å². The monoisotopic (exact) mass is 189 g/mol. The van der Waals surface area contributed by atoms with E-state index in [-0.39, 0.29) is 5.43 Å². The van der Waals surface area contributed by atoms with Crippen LogP contribution in [0.1, 0.15) is 0 Å². The first-order chi connectivity index (χ1) is 4.20. The van der Waals surface area contributed by atoms with E-state index in [0.29, 0.717) is 4.47 Å². The van der Waals surface area contributed by atoms with Gasteiger partial charge in [0, 0.05) is 12.3 Å². The van der Waals surface area contributed by atoms with Crippen LogP contribution in [0.4, 0.5) is 0 Å². The van der Waals surface area contributed by atoms with Crippen molar-refractivity contribution >= 4 is 15.9 Å². The van der Waals surface area contributed by atoms with E-state index in [4.69, 9.17) is 5.21 Å². The van der Waals surface area contributed by atoms with Crippen LogP contribution in [-0.2, 0) is 0 Å². The van der Waals surface area contributed by atoms with Crippen molar-refractivity contribution in [3.8, 4) is 0 Å². The van der Waals surface area contributed by atoms with Crippen LogP contribution in [0.15, 0.2) is 27.7 Å². The van der Waals surface area contributed by atoms with Gasteiger partial charge in [-0.3, -0.25) is 4.79 Å². The lowest BCUT2D eigenvalue weighted by atomic mass is 10.5. The average molecular weight is 190 g/mol. The number of hydrogen-bond donors (Lipinski definition) is 1. The Balaban J connectivity index is 3.34. The Morgan fingerprint density at radius 1 is 1.67 bits per heavy atom. The second-order valence-electron chi connectivity index (χ2n) is 1.54. The van der Waals surface area contributed by atoms with Crippen LogP contribution in [-0.4, -0.2) is 9.94 Å². The van der Waals surface area contributed by atoms with Crippen molar-refractivity contribution in [1.82, 2.24) is 4.73 Å². The number of pyridine rings is 1. The first kappa shape index (κ1) is 6.35. The van der Waals surface area contributed by atoms with E-state index >= 15 is 0 Å². The van der Waals surface area contributed by atoms with Crippen molar-refractivity contribution in [3.05, 3.63) is 33.2 Å². The Kier molecular flexibility index (Phi) is 1.57. The Morgan fingerprint density at radius 3 is 2.78 bits per heavy atom. The first-order valence-corrected chi connectivity index (χ1v) is 3.06. The van der Waals surface area contributed by atoms with Gasteiger partial charge in [0.15, 0.2) is 5.43 Å². The number of halogens is 1. The van der Waals surface area contributed by atoms with Crippen molar-refractivity contribution in [3.63, 3.8) is 0 Å². The summed E-state index contributed by atoms with van der Waals surface area (Å²) in [6.07, 6.45) is 2.55. The molecule has 4 heteroatoms. The molecule has 0 radical (unpaired) electrons. The number of nitrogens with zero attached hydrogens (tertiary/aromatic N) is 1. The molecule has 0 aliphatic heterocycles. The van der Waals surface area contributed by atoms with Crippen LogP contribution >= 0.6 is 15.9 Å². The van der Waals surface area contributed by atoms with E-state index < -0.39 is 0 Å². The molecule has 1 aromatic rings. The summed E-state index contributed by atoms with van der Waals surface area (Å²) < 4.78 is 1.17. The van der Waals surface area contributed by atoms with Crippen molar-refractivity contribution in [2.45, 2.75) is 0 Å². The highest BCUT2D eigenvalue weighted by Gasteiger charge is 1.91. The summed E-state index contributed by atoms with van der Waals surface area (Å²) in [5.74, 6) is 0. The predicted molar refractivity (Wildman–Crippen MR) is 35.6 cm³/mol. The Morgan fingerprint density at radius 2 is 2.33 bits per heavy atom. The van der Waals surface area contributed by atoms with Gasteiger partial charge in [-0.1, -0.05) is 0 Å². The molecule has 0 aromatic carbocycles. The third-order valence-corrected chi connectivity index (χ3v) is 1.46. The molecule has 1 N–H and O–H groups in total. The van der Waals surface area contributed by atoms with Gasteiger partial charge in [0.1, 0.15) is 0 Å². The van der Waals surface area contributed by atoms with Gasteiger partial charge in [0.2, 0.25) is 0 Å². The largest absolute Gasteiger partial charge is 0.429 e. The van der Waals surface area contributed by atoms with Crippen LogP contribution in [0, 0.1) is 0 Å². The molecule has 0 saturated heterocycles. The molecule has 0 bridgehead atoms. The zero-order valence-electron chi connectivity index (χ0n) is 4.41. The summed E-state index contributed by atoms with van der Waals surface area (Å²) in [4.78, 5) is 10.6. The minimum Gasteiger partial charge on any atom is -0.429 e. The second-order valence-corrected chi connectivity index (χ2v) is 2.39. The molecule has 1 aromatic heterocycles. The van der Waals surface area contributed by atoms with Crippen molar-refractivity contribution < 1.29 is 5.21 Å². The smallest absolute Gasteiger partial charge is 0.195 e. The zero-order chi connectivity index (χ0) is 6.85.